The number of halogens is 5. The molecule has 0 radical (unpaired) electrons. The normalized spacial score (nSPS) is 11.6. The molecule has 0 fully saturated rings. The largest absolute Gasteiger partial charge is 0.416 e. The van der Waals surface area contributed by atoms with Gasteiger partial charge < -0.3 is 0 Å². The number of alkyl halides is 3. The van der Waals surface area contributed by atoms with Crippen molar-refractivity contribution in [2.45, 2.75) is 38.5 Å². The number of carbonyl (C=O) groups is 1. The molecule has 0 aliphatic heterocycles. The maximum absolute atomic E-state index is 14.3. The number of aryl methyl sites for hydroxylation is 1. The highest BCUT2D eigenvalue weighted by Crippen LogP contribution is 2.32. The Morgan fingerprint density at radius 3 is 2.24 bits per heavy atom. The van der Waals surface area contributed by atoms with E-state index in [2.05, 4.69) is 5.10 Å². The molecule has 3 aromatic carbocycles. The first-order chi connectivity index (χ1) is 17.6. The van der Waals surface area contributed by atoms with Crippen LogP contribution in [0.2, 0.25) is 5.02 Å². The lowest BCUT2D eigenvalue weighted by Crippen LogP contribution is -2.28. The van der Waals surface area contributed by atoms with E-state index in [4.69, 9.17) is 11.6 Å². The fraction of sp³-hybridized carbons (Fsp3) is 0.222. The maximum Gasteiger partial charge on any atom is 0.416 e. The Morgan fingerprint density at radius 1 is 0.919 bits per heavy atom. The first-order valence-corrected chi connectivity index (χ1v) is 11.8. The lowest BCUT2D eigenvalue weighted by Gasteiger charge is -2.12. The van der Waals surface area contributed by atoms with Gasteiger partial charge in [-0.05, 0) is 54.8 Å². The second-order valence-corrected chi connectivity index (χ2v) is 8.93. The predicted molar refractivity (Wildman–Crippen MR) is 132 cm³/mol. The van der Waals surface area contributed by atoms with Crippen LogP contribution in [0.25, 0.3) is 11.4 Å². The summed E-state index contributed by atoms with van der Waals surface area (Å²) in [4.78, 5) is 25.8. The van der Waals surface area contributed by atoms with Crippen molar-refractivity contribution in [3.8, 4) is 11.4 Å². The molecule has 0 saturated heterocycles. The zero-order valence-electron chi connectivity index (χ0n) is 19.5. The lowest BCUT2D eigenvalue weighted by atomic mass is 10.0. The Kier molecular flexibility index (Phi) is 7.92. The number of benzene rings is 3. The molecule has 0 spiro atoms. The fourth-order valence-corrected chi connectivity index (χ4v) is 4.16. The molecule has 0 bridgehead atoms. The van der Waals surface area contributed by atoms with Gasteiger partial charge in [0.25, 0.3) is 0 Å². The molecule has 0 N–H and O–H groups in total. The van der Waals surface area contributed by atoms with Crippen molar-refractivity contribution in [1.82, 2.24) is 14.3 Å². The van der Waals surface area contributed by atoms with Gasteiger partial charge in [0.05, 0.1) is 12.1 Å². The average Bonchev–Trinajstić information content (AvgIpc) is 3.15. The zero-order chi connectivity index (χ0) is 26.6. The Morgan fingerprint density at radius 2 is 1.57 bits per heavy atom. The summed E-state index contributed by atoms with van der Waals surface area (Å²) in [6, 6.07) is 17.8. The van der Waals surface area contributed by atoms with Gasteiger partial charge in [-0.25, -0.2) is 13.9 Å². The van der Waals surface area contributed by atoms with Gasteiger partial charge >= 0.3 is 11.9 Å². The van der Waals surface area contributed by atoms with Crippen molar-refractivity contribution in [2.24, 2.45) is 0 Å². The zero-order valence-corrected chi connectivity index (χ0v) is 20.3. The van der Waals surface area contributed by atoms with Gasteiger partial charge in [0.1, 0.15) is 12.4 Å². The van der Waals surface area contributed by atoms with Crippen LogP contribution in [0.4, 0.5) is 17.6 Å². The van der Waals surface area contributed by atoms with Gasteiger partial charge in [-0.1, -0.05) is 48.0 Å². The second kappa shape index (κ2) is 11.1. The molecule has 0 aliphatic rings. The van der Waals surface area contributed by atoms with Crippen molar-refractivity contribution in [3.63, 3.8) is 0 Å². The molecule has 1 aromatic heterocycles. The number of nitrogens with zero attached hydrogens (tertiary/aromatic N) is 3. The van der Waals surface area contributed by atoms with Gasteiger partial charge in [0.2, 0.25) is 0 Å². The van der Waals surface area contributed by atoms with Gasteiger partial charge in [-0.15, -0.1) is 5.10 Å². The molecular formula is C27H22ClF4N3O2. The molecule has 0 unspecified atom stereocenters. The molecule has 4 rings (SSSR count). The van der Waals surface area contributed by atoms with E-state index in [0.717, 1.165) is 10.7 Å². The highest BCUT2D eigenvalue weighted by Gasteiger charge is 2.32. The summed E-state index contributed by atoms with van der Waals surface area (Å²) in [5.74, 6) is -0.610. The van der Waals surface area contributed by atoms with Crippen LogP contribution in [0, 0.1) is 5.82 Å². The maximum atomic E-state index is 14.3. The van der Waals surface area contributed by atoms with Crippen LogP contribution in [0.5, 0.6) is 0 Å². The van der Waals surface area contributed by atoms with Crippen molar-refractivity contribution in [2.75, 3.05) is 0 Å². The minimum Gasteiger partial charge on any atom is -0.298 e. The Balaban J connectivity index is 1.53. The topological polar surface area (TPSA) is 56.9 Å². The smallest absolute Gasteiger partial charge is 0.298 e. The summed E-state index contributed by atoms with van der Waals surface area (Å²) < 4.78 is 56.2. The van der Waals surface area contributed by atoms with E-state index in [9.17, 15) is 27.2 Å². The predicted octanol–water partition coefficient (Wildman–Crippen LogP) is 6.16. The number of carbonyl (C=O) groups excluding carboxylic acids is 1. The van der Waals surface area contributed by atoms with Crippen LogP contribution in [0.1, 0.15) is 29.5 Å². The van der Waals surface area contributed by atoms with Crippen LogP contribution >= 0.6 is 11.6 Å². The molecule has 5 nitrogen and oxygen atoms in total. The first kappa shape index (κ1) is 26.3. The summed E-state index contributed by atoms with van der Waals surface area (Å²) in [5.41, 5.74) is -0.400. The minimum absolute atomic E-state index is 0.0327. The van der Waals surface area contributed by atoms with Crippen molar-refractivity contribution >= 4 is 17.4 Å². The highest BCUT2D eigenvalue weighted by atomic mass is 35.5. The van der Waals surface area contributed by atoms with E-state index in [1.165, 1.54) is 34.9 Å². The molecule has 10 heteroatoms. The van der Waals surface area contributed by atoms with Crippen molar-refractivity contribution in [1.29, 1.82) is 0 Å². The summed E-state index contributed by atoms with van der Waals surface area (Å²) in [6.07, 6.45) is -4.26. The SMILES string of the molecule is O=C(CCCc1ccccc1C(F)(F)F)Cn1nc(-c2ccc(Cl)cc2)n(Cc2ccccc2F)c1=O. The van der Waals surface area contributed by atoms with Crippen molar-refractivity contribution in [3.05, 3.63) is 111 Å². The van der Waals surface area contributed by atoms with Gasteiger partial charge in [-0.2, -0.15) is 13.2 Å². The monoisotopic (exact) mass is 531 g/mol. The van der Waals surface area contributed by atoms with Crippen molar-refractivity contribution < 1.29 is 22.4 Å². The quantitative estimate of drug-likeness (QED) is 0.243. The third kappa shape index (κ3) is 6.35. The summed E-state index contributed by atoms with van der Waals surface area (Å²) in [5, 5.41) is 4.80. The van der Waals surface area contributed by atoms with E-state index in [0.29, 0.717) is 10.6 Å². The Bertz CT molecular complexity index is 1460. The number of hydrogen-bond acceptors (Lipinski definition) is 3. The number of rotatable bonds is 9. The van der Waals surface area contributed by atoms with Crippen LogP contribution in [0.3, 0.4) is 0 Å². The molecule has 0 atom stereocenters. The molecule has 4 aromatic rings. The number of hydrogen-bond donors (Lipinski definition) is 0. The molecule has 37 heavy (non-hydrogen) atoms. The van der Waals surface area contributed by atoms with E-state index >= 15 is 0 Å². The first-order valence-electron chi connectivity index (χ1n) is 11.5. The summed E-state index contributed by atoms with van der Waals surface area (Å²) in [7, 11) is 0. The van der Waals surface area contributed by atoms with Crippen LogP contribution in [-0.4, -0.2) is 20.1 Å². The van der Waals surface area contributed by atoms with E-state index in [1.807, 2.05) is 0 Å². The fourth-order valence-electron chi connectivity index (χ4n) is 4.03. The second-order valence-electron chi connectivity index (χ2n) is 8.50. The third-order valence-electron chi connectivity index (χ3n) is 5.86. The number of Topliss-reactive ketones (excluding diaryl/α,β-unsaturated/α-hetero) is 1. The molecule has 0 aliphatic carbocycles. The van der Waals surface area contributed by atoms with E-state index < -0.39 is 23.2 Å². The number of aromatic nitrogens is 3. The molecule has 0 amide bonds. The van der Waals surface area contributed by atoms with E-state index in [1.54, 1.807) is 36.4 Å². The highest BCUT2D eigenvalue weighted by molar-refractivity contribution is 6.30. The summed E-state index contributed by atoms with van der Waals surface area (Å²) >= 11 is 5.97. The molecule has 192 valence electrons. The Hall–Kier alpha value is -3.72. The number of ketones is 1. The van der Waals surface area contributed by atoms with Crippen LogP contribution < -0.4 is 5.69 Å². The summed E-state index contributed by atoms with van der Waals surface area (Å²) in [6.45, 7) is -0.462. The van der Waals surface area contributed by atoms with Crippen LogP contribution in [-0.2, 0) is 30.5 Å². The molecule has 1 heterocycles. The van der Waals surface area contributed by atoms with Crippen LogP contribution in [0.15, 0.2) is 77.6 Å². The average molecular weight is 532 g/mol. The van der Waals surface area contributed by atoms with Gasteiger partial charge in [-0.3, -0.25) is 9.36 Å². The minimum atomic E-state index is -4.48. The molecule has 0 saturated carbocycles. The van der Waals surface area contributed by atoms with Gasteiger partial charge in [0.15, 0.2) is 11.6 Å². The molecular weight excluding hydrogens is 510 g/mol. The van der Waals surface area contributed by atoms with Gasteiger partial charge in [0, 0.05) is 22.6 Å². The standard InChI is InChI=1S/C27H22ClF4N3O2/c28-21-14-12-19(13-15-21)25-33-35(26(37)34(25)16-20-7-2-4-11-24(20)29)17-22(36)9-5-8-18-6-1-3-10-23(18)27(30,31)32/h1-4,6-7,10-15H,5,8-9,16-17H2. The van der Waals surface area contributed by atoms with E-state index in [-0.39, 0.29) is 55.1 Å². The Labute approximate surface area is 214 Å². The lowest BCUT2D eigenvalue weighted by molar-refractivity contribution is -0.138. The third-order valence-corrected chi connectivity index (χ3v) is 6.11.